The van der Waals surface area contributed by atoms with E-state index in [-0.39, 0.29) is 5.54 Å². The van der Waals surface area contributed by atoms with Gasteiger partial charge < -0.3 is 10.4 Å². The molecule has 1 fully saturated rings. The van der Waals surface area contributed by atoms with Crippen LogP contribution in [0.25, 0.3) is 0 Å². The highest BCUT2D eigenvalue weighted by Gasteiger charge is 2.34. The molecule has 1 heterocycles. The zero-order chi connectivity index (χ0) is 11.1. The maximum Gasteiger partial charge on any atom is 0.0615 e. The molecule has 3 nitrogen and oxygen atoms in total. The Balaban J connectivity index is 2.66. The minimum atomic E-state index is 0.0611. The van der Waals surface area contributed by atoms with Gasteiger partial charge in [0.2, 0.25) is 0 Å². The van der Waals surface area contributed by atoms with Gasteiger partial charge in [0, 0.05) is 31.7 Å². The number of aliphatic hydroxyl groups excluding tert-OH is 1. The second kappa shape index (κ2) is 6.46. The molecule has 15 heavy (non-hydrogen) atoms. The summed E-state index contributed by atoms with van der Waals surface area (Å²) in [5.74, 6) is 0. The average molecular weight is 214 g/mol. The van der Waals surface area contributed by atoms with Gasteiger partial charge in [-0.1, -0.05) is 26.7 Å². The Hall–Kier alpha value is -0.120. The third kappa shape index (κ3) is 3.16. The van der Waals surface area contributed by atoms with E-state index in [2.05, 4.69) is 24.1 Å². The number of hydrogen-bond acceptors (Lipinski definition) is 3. The lowest BCUT2D eigenvalue weighted by Gasteiger charge is -2.45. The van der Waals surface area contributed by atoms with Gasteiger partial charge in [-0.2, -0.15) is 0 Å². The summed E-state index contributed by atoms with van der Waals surface area (Å²) in [7, 11) is 0. The van der Waals surface area contributed by atoms with Gasteiger partial charge in [-0.15, -0.1) is 0 Å². The monoisotopic (exact) mass is 214 g/mol. The van der Waals surface area contributed by atoms with Gasteiger partial charge in [0.05, 0.1) is 6.61 Å². The Labute approximate surface area is 93.9 Å². The van der Waals surface area contributed by atoms with E-state index < -0.39 is 0 Å². The quantitative estimate of drug-likeness (QED) is 0.698. The Kier molecular flexibility index (Phi) is 5.58. The van der Waals surface area contributed by atoms with Crippen LogP contribution in [0.1, 0.15) is 39.5 Å². The molecular weight excluding hydrogens is 188 g/mol. The molecule has 0 bridgehead atoms. The molecule has 0 atom stereocenters. The second-order valence-corrected chi connectivity index (χ2v) is 4.62. The van der Waals surface area contributed by atoms with Gasteiger partial charge in [-0.3, -0.25) is 4.90 Å². The fourth-order valence-electron chi connectivity index (χ4n) is 2.77. The van der Waals surface area contributed by atoms with Gasteiger partial charge in [-0.05, 0) is 12.8 Å². The zero-order valence-corrected chi connectivity index (χ0v) is 10.3. The highest BCUT2D eigenvalue weighted by molar-refractivity contribution is 4.91. The fraction of sp³-hybridized carbons (Fsp3) is 1.00. The molecule has 1 rings (SSSR count). The molecule has 0 radical (unpaired) electrons. The third-order valence-electron chi connectivity index (χ3n) is 3.51. The molecule has 0 spiro atoms. The predicted molar refractivity (Wildman–Crippen MR) is 64.1 cm³/mol. The summed E-state index contributed by atoms with van der Waals surface area (Å²) >= 11 is 0. The van der Waals surface area contributed by atoms with Crippen LogP contribution < -0.4 is 5.32 Å². The minimum Gasteiger partial charge on any atom is -0.394 e. The molecule has 1 aliphatic rings. The van der Waals surface area contributed by atoms with Crippen LogP contribution in [0.2, 0.25) is 0 Å². The van der Waals surface area contributed by atoms with Crippen molar-refractivity contribution in [3.05, 3.63) is 0 Å². The Morgan fingerprint density at radius 2 is 1.67 bits per heavy atom. The predicted octanol–water partition coefficient (Wildman–Crippen LogP) is 1.22. The Morgan fingerprint density at radius 1 is 1.13 bits per heavy atom. The number of rotatable bonds is 6. The number of nitrogens with one attached hydrogen (secondary N) is 1. The fourth-order valence-corrected chi connectivity index (χ4v) is 2.77. The normalized spacial score (nSPS) is 19.4. The number of piperazine rings is 1. The standard InChI is InChI=1S/C12H26N2O/c1-3-5-12(11-15,6-4-2)14-9-7-13-8-10-14/h13,15H,3-11H2,1-2H3. The molecule has 0 aromatic rings. The van der Waals surface area contributed by atoms with E-state index in [4.69, 9.17) is 0 Å². The summed E-state index contributed by atoms with van der Waals surface area (Å²) in [6.07, 6.45) is 4.56. The van der Waals surface area contributed by atoms with Crippen molar-refractivity contribution < 1.29 is 5.11 Å². The van der Waals surface area contributed by atoms with Crippen LogP contribution in [-0.4, -0.2) is 48.3 Å². The highest BCUT2D eigenvalue weighted by atomic mass is 16.3. The van der Waals surface area contributed by atoms with Crippen molar-refractivity contribution in [3.63, 3.8) is 0 Å². The number of hydrogen-bond donors (Lipinski definition) is 2. The zero-order valence-electron chi connectivity index (χ0n) is 10.3. The molecule has 0 aliphatic carbocycles. The second-order valence-electron chi connectivity index (χ2n) is 4.62. The molecule has 0 saturated carbocycles. The molecule has 0 aromatic carbocycles. The van der Waals surface area contributed by atoms with Crippen LogP contribution in [0, 0.1) is 0 Å². The summed E-state index contributed by atoms with van der Waals surface area (Å²) in [6, 6.07) is 0. The van der Waals surface area contributed by atoms with Crippen molar-refractivity contribution in [2.45, 2.75) is 45.1 Å². The van der Waals surface area contributed by atoms with E-state index in [0.717, 1.165) is 51.9 Å². The average Bonchev–Trinajstić information content (AvgIpc) is 2.30. The summed E-state index contributed by atoms with van der Waals surface area (Å²) in [6.45, 7) is 9.03. The lowest BCUT2D eigenvalue weighted by Crippen LogP contribution is -2.58. The lowest BCUT2D eigenvalue weighted by atomic mass is 9.87. The summed E-state index contributed by atoms with van der Waals surface area (Å²) < 4.78 is 0. The Bertz CT molecular complexity index is 161. The first kappa shape index (κ1) is 12.9. The maximum atomic E-state index is 9.73. The molecular formula is C12H26N2O. The van der Waals surface area contributed by atoms with E-state index in [1.165, 1.54) is 0 Å². The molecule has 90 valence electrons. The van der Waals surface area contributed by atoms with E-state index in [1.807, 2.05) is 0 Å². The molecule has 3 heteroatoms. The van der Waals surface area contributed by atoms with Crippen molar-refractivity contribution in [1.82, 2.24) is 10.2 Å². The van der Waals surface area contributed by atoms with Gasteiger partial charge in [-0.25, -0.2) is 0 Å². The smallest absolute Gasteiger partial charge is 0.0615 e. The van der Waals surface area contributed by atoms with Crippen LogP contribution >= 0.6 is 0 Å². The van der Waals surface area contributed by atoms with Crippen molar-refractivity contribution in [3.8, 4) is 0 Å². The third-order valence-corrected chi connectivity index (χ3v) is 3.51. The maximum absolute atomic E-state index is 9.73. The van der Waals surface area contributed by atoms with Gasteiger partial charge in [0.1, 0.15) is 0 Å². The topological polar surface area (TPSA) is 35.5 Å². The van der Waals surface area contributed by atoms with Crippen LogP contribution in [-0.2, 0) is 0 Å². The van der Waals surface area contributed by atoms with Crippen molar-refractivity contribution >= 4 is 0 Å². The van der Waals surface area contributed by atoms with Gasteiger partial charge >= 0.3 is 0 Å². The van der Waals surface area contributed by atoms with E-state index in [0.29, 0.717) is 6.61 Å². The first-order chi connectivity index (χ1) is 7.29. The SMILES string of the molecule is CCCC(CO)(CCC)N1CCNCC1. The summed E-state index contributed by atoms with van der Waals surface area (Å²) in [5, 5.41) is 13.1. The summed E-state index contributed by atoms with van der Waals surface area (Å²) in [5.41, 5.74) is 0.0611. The number of aliphatic hydroxyl groups is 1. The molecule has 0 aromatic heterocycles. The van der Waals surface area contributed by atoms with E-state index in [1.54, 1.807) is 0 Å². The Morgan fingerprint density at radius 3 is 2.07 bits per heavy atom. The summed E-state index contributed by atoms with van der Waals surface area (Å²) in [4.78, 5) is 2.50. The largest absolute Gasteiger partial charge is 0.394 e. The lowest BCUT2D eigenvalue weighted by molar-refractivity contribution is 0.00629. The van der Waals surface area contributed by atoms with Crippen LogP contribution in [0.5, 0.6) is 0 Å². The number of nitrogens with zero attached hydrogens (tertiary/aromatic N) is 1. The van der Waals surface area contributed by atoms with Crippen molar-refractivity contribution in [2.75, 3.05) is 32.8 Å². The van der Waals surface area contributed by atoms with E-state index in [9.17, 15) is 5.11 Å². The molecule has 2 N–H and O–H groups in total. The molecule has 0 amide bonds. The van der Waals surface area contributed by atoms with Crippen LogP contribution in [0.3, 0.4) is 0 Å². The van der Waals surface area contributed by atoms with Crippen LogP contribution in [0.4, 0.5) is 0 Å². The van der Waals surface area contributed by atoms with Gasteiger partial charge in [0.15, 0.2) is 0 Å². The van der Waals surface area contributed by atoms with Crippen LogP contribution in [0.15, 0.2) is 0 Å². The molecule has 1 saturated heterocycles. The molecule has 0 unspecified atom stereocenters. The minimum absolute atomic E-state index is 0.0611. The van der Waals surface area contributed by atoms with E-state index >= 15 is 0 Å². The first-order valence-electron chi connectivity index (χ1n) is 6.35. The van der Waals surface area contributed by atoms with Crippen molar-refractivity contribution in [2.24, 2.45) is 0 Å². The highest BCUT2D eigenvalue weighted by Crippen LogP contribution is 2.27. The van der Waals surface area contributed by atoms with Crippen molar-refractivity contribution in [1.29, 1.82) is 0 Å². The first-order valence-corrected chi connectivity index (χ1v) is 6.35. The molecule has 1 aliphatic heterocycles. The van der Waals surface area contributed by atoms with Gasteiger partial charge in [0.25, 0.3) is 0 Å².